The molecule has 0 saturated heterocycles. The molecule has 1 aliphatic heterocycles. The zero-order valence-electron chi connectivity index (χ0n) is 23.7. The molecule has 3 unspecified atom stereocenters. The van der Waals surface area contributed by atoms with Gasteiger partial charge >= 0.3 is 5.97 Å². The van der Waals surface area contributed by atoms with E-state index in [0.717, 1.165) is 34.0 Å². The number of ether oxygens (including phenoxy) is 2. The first kappa shape index (κ1) is 27.1. The third-order valence-electron chi connectivity index (χ3n) is 9.01. The minimum atomic E-state index is -0.937. The number of rotatable bonds is 7. The Labute approximate surface area is 240 Å². The summed E-state index contributed by atoms with van der Waals surface area (Å²) in [6.07, 6.45) is 4.84. The SMILES string of the molecule is C=C(C)Nc1cccc(COC(=O)C2=C(C)NC3=C(C(=O)C[C@H](c4ccccc4OC)C3)[C@@]23C2C=CC3C(O)C2)c1. The summed E-state index contributed by atoms with van der Waals surface area (Å²) in [5.41, 5.74) is 5.16. The van der Waals surface area contributed by atoms with Gasteiger partial charge in [-0.2, -0.15) is 0 Å². The normalized spacial score (nSPS) is 28.0. The monoisotopic (exact) mass is 552 g/mol. The van der Waals surface area contributed by atoms with Crippen LogP contribution in [0.2, 0.25) is 0 Å². The highest BCUT2D eigenvalue weighted by molar-refractivity contribution is 6.05. The van der Waals surface area contributed by atoms with Crippen molar-refractivity contribution >= 4 is 17.4 Å². The highest BCUT2D eigenvalue weighted by Crippen LogP contribution is 2.65. The summed E-state index contributed by atoms with van der Waals surface area (Å²) in [4.78, 5) is 28.1. The van der Waals surface area contributed by atoms with E-state index >= 15 is 0 Å². The maximum Gasteiger partial charge on any atom is 0.337 e. The highest BCUT2D eigenvalue weighted by atomic mass is 16.5. The number of para-hydroxylation sites is 1. The van der Waals surface area contributed by atoms with Gasteiger partial charge in [0.2, 0.25) is 0 Å². The van der Waals surface area contributed by atoms with Gasteiger partial charge in [0, 0.05) is 52.0 Å². The van der Waals surface area contributed by atoms with E-state index in [9.17, 15) is 14.7 Å². The molecule has 1 spiro atoms. The summed E-state index contributed by atoms with van der Waals surface area (Å²) in [6, 6.07) is 15.5. The van der Waals surface area contributed by atoms with Gasteiger partial charge in [-0.3, -0.25) is 4.79 Å². The summed E-state index contributed by atoms with van der Waals surface area (Å²) < 4.78 is 11.5. The maximum absolute atomic E-state index is 14.1. The molecule has 4 aliphatic rings. The number of esters is 1. The molecule has 212 valence electrons. The van der Waals surface area contributed by atoms with Crippen LogP contribution in [0.5, 0.6) is 5.75 Å². The second-order valence-electron chi connectivity index (χ2n) is 11.6. The first-order valence-corrected chi connectivity index (χ1v) is 14.2. The lowest BCUT2D eigenvalue weighted by Gasteiger charge is -2.46. The second-order valence-corrected chi connectivity index (χ2v) is 11.6. The van der Waals surface area contributed by atoms with Crippen LogP contribution in [-0.4, -0.2) is 30.1 Å². The van der Waals surface area contributed by atoms with Crippen molar-refractivity contribution < 1.29 is 24.2 Å². The molecule has 3 aliphatic carbocycles. The van der Waals surface area contributed by atoms with E-state index in [1.807, 2.05) is 68.5 Å². The van der Waals surface area contributed by atoms with Gasteiger partial charge in [0.25, 0.3) is 0 Å². The van der Waals surface area contributed by atoms with Crippen molar-refractivity contribution in [2.24, 2.45) is 17.3 Å². The zero-order valence-corrected chi connectivity index (χ0v) is 23.7. The molecule has 1 fully saturated rings. The fourth-order valence-electron chi connectivity index (χ4n) is 7.60. The molecule has 2 bridgehead atoms. The number of nitrogens with one attached hydrogen (secondary N) is 2. The Kier molecular flexibility index (Phi) is 6.86. The molecule has 1 saturated carbocycles. The Morgan fingerprint density at radius 3 is 2.68 bits per heavy atom. The van der Waals surface area contributed by atoms with Gasteiger partial charge in [-0.15, -0.1) is 0 Å². The highest BCUT2D eigenvalue weighted by Gasteiger charge is 2.65. The lowest BCUT2D eigenvalue weighted by molar-refractivity contribution is -0.142. The van der Waals surface area contributed by atoms with Crippen LogP contribution in [0.3, 0.4) is 0 Å². The van der Waals surface area contributed by atoms with Crippen molar-refractivity contribution in [3.63, 3.8) is 0 Å². The molecule has 7 nitrogen and oxygen atoms in total. The van der Waals surface area contributed by atoms with Crippen LogP contribution in [0.1, 0.15) is 50.2 Å². The number of ketones is 1. The van der Waals surface area contributed by atoms with Crippen molar-refractivity contribution in [2.75, 3.05) is 12.4 Å². The Bertz CT molecular complexity index is 1540. The summed E-state index contributed by atoms with van der Waals surface area (Å²) in [7, 11) is 1.64. The van der Waals surface area contributed by atoms with E-state index in [0.29, 0.717) is 36.1 Å². The van der Waals surface area contributed by atoms with E-state index in [1.54, 1.807) is 7.11 Å². The number of aliphatic hydroxyl groups excluding tert-OH is 1. The summed E-state index contributed by atoms with van der Waals surface area (Å²) in [5.74, 6) is -0.294. The van der Waals surface area contributed by atoms with E-state index in [4.69, 9.17) is 9.47 Å². The molecule has 2 aromatic rings. The predicted octanol–water partition coefficient (Wildman–Crippen LogP) is 5.52. The van der Waals surface area contributed by atoms with Crippen molar-refractivity contribution in [1.29, 1.82) is 0 Å². The van der Waals surface area contributed by atoms with Gasteiger partial charge in [0.1, 0.15) is 12.4 Å². The summed E-state index contributed by atoms with van der Waals surface area (Å²) in [5, 5.41) is 17.7. The largest absolute Gasteiger partial charge is 0.496 e. The molecule has 2 aromatic carbocycles. The van der Waals surface area contributed by atoms with E-state index < -0.39 is 17.5 Å². The number of dihydropyridines is 1. The summed E-state index contributed by atoms with van der Waals surface area (Å²) >= 11 is 0. The van der Waals surface area contributed by atoms with E-state index in [1.165, 1.54) is 0 Å². The van der Waals surface area contributed by atoms with Crippen molar-refractivity contribution in [3.8, 4) is 5.75 Å². The lowest BCUT2D eigenvalue weighted by atomic mass is 9.59. The average Bonchev–Trinajstić information content (AvgIpc) is 3.41. The Morgan fingerprint density at radius 1 is 1.17 bits per heavy atom. The molecule has 7 heteroatoms. The fourth-order valence-corrected chi connectivity index (χ4v) is 7.60. The Hall–Kier alpha value is -4.10. The number of Topliss-reactive ketones (excluding diaryl/α,β-unsaturated/α-hetero) is 1. The van der Waals surface area contributed by atoms with Gasteiger partial charge in [0.05, 0.1) is 18.8 Å². The number of carbonyl (C=O) groups is 2. The van der Waals surface area contributed by atoms with E-state index in [-0.39, 0.29) is 30.1 Å². The number of allylic oxidation sites excluding steroid dienone is 5. The molecule has 6 rings (SSSR count). The van der Waals surface area contributed by atoms with Crippen LogP contribution < -0.4 is 15.4 Å². The lowest BCUT2D eigenvalue weighted by Crippen LogP contribution is -2.48. The first-order valence-electron chi connectivity index (χ1n) is 14.2. The minimum absolute atomic E-state index is 0.00109. The molecular weight excluding hydrogens is 516 g/mol. The van der Waals surface area contributed by atoms with Gasteiger partial charge in [-0.1, -0.05) is 49.1 Å². The molecule has 3 N–H and O–H groups in total. The van der Waals surface area contributed by atoms with Crippen molar-refractivity contribution in [1.82, 2.24) is 5.32 Å². The molecular formula is C34H36N2O5. The number of benzene rings is 2. The number of anilines is 1. The number of methoxy groups -OCH3 is 1. The van der Waals surface area contributed by atoms with Crippen molar-refractivity contribution in [2.45, 2.75) is 51.7 Å². The van der Waals surface area contributed by atoms with Crippen LogP contribution in [0.25, 0.3) is 0 Å². The van der Waals surface area contributed by atoms with Crippen molar-refractivity contribution in [3.05, 3.63) is 107 Å². The van der Waals surface area contributed by atoms with Gasteiger partial charge in [-0.05, 0) is 61.9 Å². The van der Waals surface area contributed by atoms with Crippen LogP contribution in [0.15, 0.2) is 95.5 Å². The standard InChI is InChI=1S/C34H36N2O5/c1-19(2)35-24-9-7-8-21(14-24)18-41-33(39)31-20(3)36-27-15-22(25-10-5-6-11-30(25)40-4)16-29(38)32(27)34(31)23-12-13-26(34)28(37)17-23/h5-14,22-23,26,28,35-37H,1,15-18H2,2-4H3/t22-,23?,26?,28?,34-/m1/s1. The summed E-state index contributed by atoms with van der Waals surface area (Å²) in [6.45, 7) is 7.72. The predicted molar refractivity (Wildman–Crippen MR) is 157 cm³/mol. The molecule has 1 heterocycles. The maximum atomic E-state index is 14.1. The second kappa shape index (κ2) is 10.4. The Morgan fingerprint density at radius 2 is 1.98 bits per heavy atom. The smallest absolute Gasteiger partial charge is 0.337 e. The minimum Gasteiger partial charge on any atom is -0.496 e. The van der Waals surface area contributed by atoms with Crippen LogP contribution >= 0.6 is 0 Å². The van der Waals surface area contributed by atoms with Crippen LogP contribution in [0, 0.1) is 17.3 Å². The van der Waals surface area contributed by atoms with Gasteiger partial charge in [0.15, 0.2) is 5.78 Å². The third kappa shape index (κ3) is 4.39. The number of hydrogen-bond donors (Lipinski definition) is 3. The fraction of sp³-hybridized carbons (Fsp3) is 0.353. The number of carbonyl (C=O) groups excluding carboxylic acids is 2. The molecule has 0 aromatic heterocycles. The number of hydrogen-bond acceptors (Lipinski definition) is 7. The average molecular weight is 553 g/mol. The molecule has 41 heavy (non-hydrogen) atoms. The van der Waals surface area contributed by atoms with Crippen LogP contribution in [-0.2, 0) is 20.9 Å². The first-order chi connectivity index (χ1) is 19.7. The zero-order chi connectivity index (χ0) is 28.9. The van der Waals surface area contributed by atoms with Gasteiger partial charge in [-0.25, -0.2) is 4.79 Å². The third-order valence-corrected chi connectivity index (χ3v) is 9.01. The molecule has 0 amide bonds. The van der Waals surface area contributed by atoms with Crippen LogP contribution in [0.4, 0.5) is 5.69 Å². The topological polar surface area (TPSA) is 96.9 Å². The Balaban J connectivity index is 1.35. The van der Waals surface area contributed by atoms with E-state index in [2.05, 4.69) is 23.3 Å². The van der Waals surface area contributed by atoms with Gasteiger partial charge < -0.3 is 25.2 Å². The number of aliphatic hydroxyl groups is 1. The molecule has 0 radical (unpaired) electrons. The molecule has 5 atom stereocenters. The quantitative estimate of drug-likeness (QED) is 0.308.